The predicted molar refractivity (Wildman–Crippen MR) is 113 cm³/mol. The molecule has 0 aromatic heterocycles. The van der Waals surface area contributed by atoms with Crippen LogP contribution < -0.4 is 10.2 Å². The Morgan fingerprint density at radius 2 is 1.79 bits per heavy atom. The molecule has 160 valence electrons. The number of rotatable bonds is 8. The SMILES string of the molecule is CC(=O)N1CCN(c2ccc(C(=O)NC(C)CCCC(C)C)cc2[N+](=O)[O-])CC1. The maximum Gasteiger partial charge on any atom is 0.293 e. The lowest BCUT2D eigenvalue weighted by Gasteiger charge is -2.35. The Morgan fingerprint density at radius 1 is 1.14 bits per heavy atom. The molecule has 0 radical (unpaired) electrons. The molecular weight excluding hydrogens is 372 g/mol. The molecular formula is C21H32N4O4. The Hall–Kier alpha value is -2.64. The second-order valence-corrected chi connectivity index (χ2v) is 8.15. The zero-order valence-corrected chi connectivity index (χ0v) is 17.8. The van der Waals surface area contributed by atoms with Crippen LogP contribution in [0.15, 0.2) is 18.2 Å². The minimum atomic E-state index is -0.449. The second-order valence-electron chi connectivity index (χ2n) is 8.15. The van der Waals surface area contributed by atoms with E-state index in [0.29, 0.717) is 43.3 Å². The van der Waals surface area contributed by atoms with Gasteiger partial charge in [-0.25, -0.2) is 0 Å². The molecule has 0 spiro atoms. The van der Waals surface area contributed by atoms with Gasteiger partial charge in [0.25, 0.3) is 11.6 Å². The zero-order valence-electron chi connectivity index (χ0n) is 17.8. The molecule has 1 atom stereocenters. The first kappa shape index (κ1) is 22.6. The van der Waals surface area contributed by atoms with Crippen molar-refractivity contribution < 1.29 is 14.5 Å². The highest BCUT2D eigenvalue weighted by molar-refractivity contribution is 5.96. The van der Waals surface area contributed by atoms with Crippen molar-refractivity contribution >= 4 is 23.2 Å². The molecule has 0 saturated carbocycles. The molecule has 1 saturated heterocycles. The number of nitro benzene ring substituents is 1. The third-order valence-corrected chi connectivity index (χ3v) is 5.30. The lowest BCUT2D eigenvalue weighted by atomic mass is 10.0. The van der Waals surface area contributed by atoms with Crippen molar-refractivity contribution in [3.05, 3.63) is 33.9 Å². The Balaban J connectivity index is 2.06. The third kappa shape index (κ3) is 6.44. The van der Waals surface area contributed by atoms with Crippen LogP contribution in [0.25, 0.3) is 0 Å². The number of anilines is 1. The quantitative estimate of drug-likeness (QED) is 0.530. The van der Waals surface area contributed by atoms with Crippen LogP contribution >= 0.6 is 0 Å². The van der Waals surface area contributed by atoms with E-state index in [1.165, 1.54) is 13.0 Å². The van der Waals surface area contributed by atoms with Crippen molar-refractivity contribution in [2.45, 2.75) is 53.0 Å². The number of hydrogen-bond acceptors (Lipinski definition) is 5. The van der Waals surface area contributed by atoms with Gasteiger partial charge in [-0.1, -0.05) is 26.7 Å². The maximum atomic E-state index is 12.5. The number of amides is 2. The van der Waals surface area contributed by atoms with Crippen LogP contribution in [-0.4, -0.2) is 53.9 Å². The van der Waals surface area contributed by atoms with Crippen LogP contribution in [0.4, 0.5) is 11.4 Å². The van der Waals surface area contributed by atoms with Crippen molar-refractivity contribution in [1.29, 1.82) is 0 Å². The average molecular weight is 405 g/mol. The fourth-order valence-electron chi connectivity index (χ4n) is 3.55. The first-order valence-corrected chi connectivity index (χ1v) is 10.3. The molecule has 1 fully saturated rings. The predicted octanol–water partition coefficient (Wildman–Crippen LogP) is 3.21. The molecule has 2 rings (SSSR count). The fraction of sp³-hybridized carbons (Fsp3) is 0.619. The summed E-state index contributed by atoms with van der Waals surface area (Å²) < 4.78 is 0. The largest absolute Gasteiger partial charge is 0.362 e. The highest BCUT2D eigenvalue weighted by atomic mass is 16.6. The summed E-state index contributed by atoms with van der Waals surface area (Å²) in [4.78, 5) is 38.8. The molecule has 1 aromatic rings. The van der Waals surface area contributed by atoms with E-state index >= 15 is 0 Å². The van der Waals surface area contributed by atoms with E-state index in [1.807, 2.05) is 11.8 Å². The van der Waals surface area contributed by atoms with Crippen molar-refractivity contribution in [1.82, 2.24) is 10.2 Å². The van der Waals surface area contributed by atoms with Crippen molar-refractivity contribution in [2.75, 3.05) is 31.1 Å². The first-order valence-electron chi connectivity index (χ1n) is 10.3. The second kappa shape index (κ2) is 10.2. The van der Waals surface area contributed by atoms with E-state index in [9.17, 15) is 19.7 Å². The van der Waals surface area contributed by atoms with Gasteiger partial charge in [0.2, 0.25) is 5.91 Å². The van der Waals surface area contributed by atoms with Crippen molar-refractivity contribution in [2.24, 2.45) is 5.92 Å². The van der Waals surface area contributed by atoms with E-state index in [2.05, 4.69) is 19.2 Å². The number of nitrogens with one attached hydrogen (secondary N) is 1. The van der Waals surface area contributed by atoms with Crippen LogP contribution in [0.1, 0.15) is 57.3 Å². The Labute approximate surface area is 172 Å². The first-order chi connectivity index (χ1) is 13.7. The summed E-state index contributed by atoms with van der Waals surface area (Å²) in [5, 5.41) is 14.6. The molecule has 1 unspecified atom stereocenters. The summed E-state index contributed by atoms with van der Waals surface area (Å²) in [5.41, 5.74) is 0.694. The van der Waals surface area contributed by atoms with Gasteiger partial charge in [0.05, 0.1) is 4.92 Å². The normalized spacial score (nSPS) is 15.3. The van der Waals surface area contributed by atoms with E-state index in [-0.39, 0.29) is 23.5 Å². The summed E-state index contributed by atoms with van der Waals surface area (Å²) in [6.45, 7) is 9.93. The molecule has 0 aliphatic carbocycles. The zero-order chi connectivity index (χ0) is 21.6. The van der Waals surface area contributed by atoms with Gasteiger partial charge in [-0.15, -0.1) is 0 Å². The van der Waals surface area contributed by atoms with Crippen LogP contribution in [-0.2, 0) is 4.79 Å². The van der Waals surface area contributed by atoms with E-state index in [1.54, 1.807) is 17.0 Å². The smallest absolute Gasteiger partial charge is 0.293 e. The van der Waals surface area contributed by atoms with Crippen molar-refractivity contribution in [3.8, 4) is 0 Å². The number of piperazine rings is 1. The summed E-state index contributed by atoms with van der Waals surface area (Å²) in [6, 6.07) is 4.64. The molecule has 1 N–H and O–H groups in total. The summed E-state index contributed by atoms with van der Waals surface area (Å²) in [5.74, 6) is 0.345. The van der Waals surface area contributed by atoms with Crippen molar-refractivity contribution in [3.63, 3.8) is 0 Å². The average Bonchev–Trinajstić information content (AvgIpc) is 2.67. The Bertz CT molecular complexity index is 742. The van der Waals surface area contributed by atoms with Crippen LogP contribution in [0.2, 0.25) is 0 Å². The van der Waals surface area contributed by atoms with E-state index in [4.69, 9.17) is 0 Å². The molecule has 1 aliphatic heterocycles. The van der Waals surface area contributed by atoms with Gasteiger partial charge >= 0.3 is 0 Å². The van der Waals surface area contributed by atoms with Gasteiger partial charge in [0.15, 0.2) is 0 Å². The number of nitrogens with zero attached hydrogens (tertiary/aromatic N) is 3. The van der Waals surface area contributed by atoms with Gasteiger partial charge in [0, 0.05) is 50.8 Å². The van der Waals surface area contributed by atoms with Gasteiger partial charge in [-0.3, -0.25) is 19.7 Å². The van der Waals surface area contributed by atoms with Crippen LogP contribution in [0, 0.1) is 16.0 Å². The molecule has 1 heterocycles. The van der Waals surface area contributed by atoms with E-state index < -0.39 is 4.92 Å². The lowest BCUT2D eigenvalue weighted by Crippen LogP contribution is -2.48. The molecule has 8 heteroatoms. The topological polar surface area (TPSA) is 95.8 Å². The lowest BCUT2D eigenvalue weighted by molar-refractivity contribution is -0.384. The minimum Gasteiger partial charge on any atom is -0.362 e. The molecule has 1 aromatic carbocycles. The monoisotopic (exact) mass is 404 g/mol. The molecule has 8 nitrogen and oxygen atoms in total. The Kier molecular flexibility index (Phi) is 7.99. The molecule has 1 aliphatic rings. The van der Waals surface area contributed by atoms with Gasteiger partial charge in [-0.2, -0.15) is 0 Å². The summed E-state index contributed by atoms with van der Waals surface area (Å²) >= 11 is 0. The molecule has 29 heavy (non-hydrogen) atoms. The maximum absolute atomic E-state index is 12.5. The van der Waals surface area contributed by atoms with Gasteiger partial charge in [-0.05, 0) is 31.4 Å². The van der Waals surface area contributed by atoms with E-state index in [0.717, 1.165) is 19.3 Å². The number of carbonyl (C=O) groups is 2. The Morgan fingerprint density at radius 3 is 2.34 bits per heavy atom. The van der Waals surface area contributed by atoms with Crippen LogP contribution in [0.5, 0.6) is 0 Å². The highest BCUT2D eigenvalue weighted by Crippen LogP contribution is 2.30. The number of carbonyl (C=O) groups excluding carboxylic acids is 2. The highest BCUT2D eigenvalue weighted by Gasteiger charge is 2.26. The standard InChI is InChI=1S/C21H32N4O4/c1-15(2)6-5-7-16(3)22-21(27)18-8-9-19(20(14-18)25(28)29)24-12-10-23(11-13-24)17(4)26/h8-9,14-16H,5-7,10-13H2,1-4H3,(H,22,27). The fourth-order valence-corrected chi connectivity index (χ4v) is 3.55. The summed E-state index contributed by atoms with van der Waals surface area (Å²) in [6.07, 6.45) is 3.02. The minimum absolute atomic E-state index is 0.00804. The molecule has 2 amide bonds. The molecule has 0 bridgehead atoms. The van der Waals surface area contributed by atoms with Crippen LogP contribution in [0.3, 0.4) is 0 Å². The third-order valence-electron chi connectivity index (χ3n) is 5.30. The van der Waals surface area contributed by atoms with Gasteiger partial charge < -0.3 is 15.1 Å². The van der Waals surface area contributed by atoms with Gasteiger partial charge in [0.1, 0.15) is 5.69 Å². The number of benzene rings is 1. The number of hydrogen-bond donors (Lipinski definition) is 1. The number of nitro groups is 1. The summed E-state index contributed by atoms with van der Waals surface area (Å²) in [7, 11) is 0.